The average molecular weight is 298 g/mol. The minimum absolute atomic E-state index is 0.236. The van der Waals surface area contributed by atoms with Crippen molar-refractivity contribution in [2.24, 2.45) is 11.8 Å². The van der Waals surface area contributed by atoms with E-state index in [-0.39, 0.29) is 17.6 Å². The summed E-state index contributed by atoms with van der Waals surface area (Å²) >= 11 is 5.68. The first-order valence-corrected chi connectivity index (χ1v) is 7.44. The highest BCUT2D eigenvalue weighted by Gasteiger charge is 2.72. The Morgan fingerprint density at radius 3 is 2.90 bits per heavy atom. The SMILES string of the molecule is O=C1N[C@@]2(C(=O)[C@@H]3C=CCCC3)C(=O)O[C@H]2[C@H]1CCCl. The van der Waals surface area contributed by atoms with Crippen molar-refractivity contribution >= 4 is 29.3 Å². The zero-order valence-electron chi connectivity index (χ0n) is 10.9. The molecular formula is C14H16ClNO4. The number of carbonyl (C=O) groups excluding carboxylic acids is 3. The van der Waals surface area contributed by atoms with Gasteiger partial charge in [0.15, 0.2) is 11.9 Å². The number of Topliss-reactive ketones (excluding diaryl/α,β-unsaturated/α-hetero) is 1. The lowest BCUT2D eigenvalue weighted by molar-refractivity contribution is -0.193. The van der Waals surface area contributed by atoms with Crippen molar-refractivity contribution in [3.63, 3.8) is 0 Å². The Morgan fingerprint density at radius 2 is 2.30 bits per heavy atom. The maximum absolute atomic E-state index is 12.7. The van der Waals surface area contributed by atoms with Crippen LogP contribution < -0.4 is 5.32 Å². The minimum atomic E-state index is -1.46. The van der Waals surface area contributed by atoms with Gasteiger partial charge in [-0.15, -0.1) is 11.6 Å². The van der Waals surface area contributed by atoms with E-state index in [0.29, 0.717) is 18.7 Å². The van der Waals surface area contributed by atoms with E-state index in [1.54, 1.807) is 0 Å². The quantitative estimate of drug-likeness (QED) is 0.363. The van der Waals surface area contributed by atoms with E-state index in [9.17, 15) is 14.4 Å². The number of hydrogen-bond acceptors (Lipinski definition) is 4. The summed E-state index contributed by atoms with van der Waals surface area (Å²) in [7, 11) is 0. The smallest absolute Gasteiger partial charge is 0.344 e. The number of allylic oxidation sites excluding steroid dienone is 2. The van der Waals surface area contributed by atoms with Crippen LogP contribution in [0.2, 0.25) is 0 Å². The van der Waals surface area contributed by atoms with E-state index in [1.165, 1.54) is 0 Å². The van der Waals surface area contributed by atoms with E-state index in [0.717, 1.165) is 12.8 Å². The van der Waals surface area contributed by atoms with Gasteiger partial charge in [0.25, 0.3) is 0 Å². The zero-order valence-corrected chi connectivity index (χ0v) is 11.7. The molecular weight excluding hydrogens is 282 g/mol. The number of hydrogen-bond donors (Lipinski definition) is 1. The predicted octanol–water partition coefficient (Wildman–Crippen LogP) is 0.951. The number of ketones is 1. The largest absolute Gasteiger partial charge is 0.456 e. The fourth-order valence-electron chi connectivity index (χ4n) is 3.31. The first-order chi connectivity index (χ1) is 9.61. The third-order valence-corrected chi connectivity index (χ3v) is 4.62. The maximum Gasteiger partial charge on any atom is 0.344 e. The van der Waals surface area contributed by atoms with E-state index in [4.69, 9.17) is 16.3 Å². The monoisotopic (exact) mass is 297 g/mol. The molecule has 4 atom stereocenters. The van der Waals surface area contributed by atoms with Crippen LogP contribution in [-0.4, -0.2) is 35.2 Å². The lowest BCUT2D eigenvalue weighted by atomic mass is 9.74. The maximum atomic E-state index is 12.7. The fraction of sp³-hybridized carbons (Fsp3) is 0.643. The van der Waals surface area contributed by atoms with Crippen LogP contribution in [0.5, 0.6) is 0 Å². The fourth-order valence-corrected chi connectivity index (χ4v) is 3.55. The summed E-state index contributed by atoms with van der Waals surface area (Å²) in [4.78, 5) is 36.6. The second-order valence-corrected chi connectivity index (χ2v) is 5.92. The van der Waals surface area contributed by atoms with Crippen molar-refractivity contribution in [3.8, 4) is 0 Å². The summed E-state index contributed by atoms with van der Waals surface area (Å²) in [5.41, 5.74) is -1.46. The second-order valence-electron chi connectivity index (χ2n) is 5.54. The molecule has 0 aromatic heterocycles. The Kier molecular flexibility index (Phi) is 3.32. The second kappa shape index (κ2) is 4.88. The number of nitrogens with one attached hydrogen (secondary N) is 1. The van der Waals surface area contributed by atoms with Crippen LogP contribution in [0.4, 0.5) is 0 Å². The van der Waals surface area contributed by atoms with Crippen molar-refractivity contribution < 1.29 is 19.1 Å². The van der Waals surface area contributed by atoms with Crippen molar-refractivity contribution in [1.82, 2.24) is 5.32 Å². The molecule has 2 heterocycles. The summed E-state index contributed by atoms with van der Waals surface area (Å²) in [5.74, 6) is -1.71. The predicted molar refractivity (Wildman–Crippen MR) is 71.1 cm³/mol. The van der Waals surface area contributed by atoms with Gasteiger partial charge in [0.2, 0.25) is 11.4 Å². The van der Waals surface area contributed by atoms with E-state index in [2.05, 4.69) is 5.32 Å². The van der Waals surface area contributed by atoms with Gasteiger partial charge in [0.05, 0.1) is 5.92 Å². The standard InChI is InChI=1S/C14H16ClNO4/c15-7-6-9-11-14(13(19)20-11,16-12(9)18)10(17)8-4-2-1-3-5-8/h2,4,8-9,11H,1,3,5-7H2,(H,16,18)/t8-,9-,11+,14-/m1/s1. The molecule has 0 aromatic carbocycles. The summed E-state index contributed by atoms with van der Waals surface area (Å²) in [6, 6.07) is 0. The lowest BCUT2D eigenvalue weighted by Crippen LogP contribution is -2.72. The van der Waals surface area contributed by atoms with Gasteiger partial charge < -0.3 is 10.1 Å². The molecule has 0 aromatic rings. The van der Waals surface area contributed by atoms with Crippen LogP contribution in [0.25, 0.3) is 0 Å². The normalized spacial score (nSPS) is 38.8. The molecule has 0 saturated carbocycles. The zero-order chi connectivity index (χ0) is 14.3. The van der Waals surface area contributed by atoms with Gasteiger partial charge in [-0.2, -0.15) is 0 Å². The number of alkyl halides is 1. The van der Waals surface area contributed by atoms with E-state index >= 15 is 0 Å². The van der Waals surface area contributed by atoms with Crippen LogP contribution in [0.15, 0.2) is 12.2 Å². The molecule has 0 radical (unpaired) electrons. The summed E-state index contributed by atoms with van der Waals surface area (Å²) in [5, 5.41) is 2.59. The van der Waals surface area contributed by atoms with Crippen LogP contribution in [0.3, 0.4) is 0 Å². The molecule has 108 valence electrons. The highest BCUT2D eigenvalue weighted by Crippen LogP contribution is 2.43. The number of amides is 1. The van der Waals surface area contributed by atoms with Gasteiger partial charge in [-0.05, 0) is 25.7 Å². The lowest BCUT2D eigenvalue weighted by Gasteiger charge is -2.42. The molecule has 2 aliphatic heterocycles. The first kappa shape index (κ1) is 13.6. The van der Waals surface area contributed by atoms with E-state index in [1.807, 2.05) is 12.2 Å². The number of carbonyl (C=O) groups is 3. The van der Waals surface area contributed by atoms with Gasteiger partial charge in [-0.25, -0.2) is 4.79 Å². The molecule has 2 fully saturated rings. The molecule has 1 N–H and O–H groups in total. The molecule has 0 bridgehead atoms. The third kappa shape index (κ3) is 1.72. The first-order valence-electron chi connectivity index (χ1n) is 6.91. The van der Waals surface area contributed by atoms with Gasteiger partial charge in [0.1, 0.15) is 0 Å². The Morgan fingerprint density at radius 1 is 1.50 bits per heavy atom. The molecule has 3 aliphatic rings. The molecule has 6 heteroatoms. The van der Waals surface area contributed by atoms with Crippen molar-refractivity contribution in [2.45, 2.75) is 37.3 Å². The van der Waals surface area contributed by atoms with Crippen LogP contribution in [0.1, 0.15) is 25.7 Å². The van der Waals surface area contributed by atoms with Crippen molar-refractivity contribution in [1.29, 1.82) is 0 Å². The van der Waals surface area contributed by atoms with Crippen molar-refractivity contribution in [2.75, 3.05) is 5.88 Å². The number of esters is 1. The number of halogens is 1. The number of fused-ring (bicyclic) bond motifs is 1. The number of rotatable bonds is 4. The van der Waals surface area contributed by atoms with Gasteiger partial charge in [-0.3, -0.25) is 9.59 Å². The molecule has 2 saturated heterocycles. The molecule has 1 amide bonds. The van der Waals surface area contributed by atoms with Crippen LogP contribution in [0, 0.1) is 11.8 Å². The van der Waals surface area contributed by atoms with E-state index < -0.39 is 23.5 Å². The summed E-state index contributed by atoms with van der Waals surface area (Å²) in [6.45, 7) is 0. The topological polar surface area (TPSA) is 72.5 Å². The average Bonchev–Trinajstić information content (AvgIpc) is 2.69. The minimum Gasteiger partial charge on any atom is -0.456 e. The molecule has 5 nitrogen and oxygen atoms in total. The number of ether oxygens (including phenoxy) is 1. The van der Waals surface area contributed by atoms with Crippen LogP contribution >= 0.6 is 11.6 Å². The summed E-state index contributed by atoms with van der Waals surface area (Å²) in [6.07, 6.45) is 6.09. The van der Waals surface area contributed by atoms with Crippen LogP contribution in [-0.2, 0) is 19.1 Å². The van der Waals surface area contributed by atoms with Crippen molar-refractivity contribution in [3.05, 3.63) is 12.2 Å². The Bertz CT molecular complexity index is 503. The Hall–Kier alpha value is -1.36. The molecule has 0 spiro atoms. The third-order valence-electron chi connectivity index (χ3n) is 4.41. The highest BCUT2D eigenvalue weighted by molar-refractivity contribution is 6.20. The Balaban J connectivity index is 1.88. The molecule has 1 aliphatic carbocycles. The summed E-state index contributed by atoms with van der Waals surface area (Å²) < 4.78 is 5.09. The molecule has 0 unspecified atom stereocenters. The van der Waals surface area contributed by atoms with Gasteiger partial charge in [0, 0.05) is 11.8 Å². The van der Waals surface area contributed by atoms with Gasteiger partial charge >= 0.3 is 5.97 Å². The molecule has 20 heavy (non-hydrogen) atoms. The molecule has 3 rings (SSSR count). The Labute approximate surface area is 121 Å². The highest BCUT2D eigenvalue weighted by atomic mass is 35.5. The van der Waals surface area contributed by atoms with Gasteiger partial charge in [-0.1, -0.05) is 12.2 Å².